The van der Waals surface area contributed by atoms with Crippen molar-refractivity contribution in [3.63, 3.8) is 0 Å². The number of allylic oxidation sites excluding steroid dienone is 2. The average molecular weight is 265 g/mol. The van der Waals surface area contributed by atoms with E-state index in [9.17, 15) is 4.39 Å². The molecule has 0 saturated carbocycles. The minimum atomic E-state index is -0.329. The van der Waals surface area contributed by atoms with Crippen molar-refractivity contribution in [3.8, 4) is 0 Å². The third-order valence-corrected chi connectivity index (χ3v) is 4.09. The van der Waals surface area contributed by atoms with Crippen LogP contribution in [0.5, 0.6) is 0 Å². The zero-order chi connectivity index (χ0) is 12.7. The molecule has 2 aliphatic rings. The average Bonchev–Trinajstić information content (AvgIpc) is 2.79. The smallest absolute Gasteiger partial charge is 0.197 e. The van der Waals surface area contributed by atoms with Crippen LogP contribution in [0.2, 0.25) is 0 Å². The molecular weight excluding hydrogens is 251 g/mol. The maximum Gasteiger partial charge on any atom is 0.197 e. The Labute approximate surface area is 111 Å². The molecule has 0 spiro atoms. The van der Waals surface area contributed by atoms with Gasteiger partial charge in [0.2, 0.25) is 0 Å². The second kappa shape index (κ2) is 4.39. The topological polar surface area (TPSA) is 15.6 Å². The van der Waals surface area contributed by atoms with Gasteiger partial charge < -0.3 is 4.90 Å². The van der Waals surface area contributed by atoms with Gasteiger partial charge in [-0.2, -0.15) is 0 Å². The first-order chi connectivity index (χ1) is 8.66. The highest BCUT2D eigenvalue weighted by molar-refractivity contribution is 6.21. The van der Waals surface area contributed by atoms with E-state index in [0.717, 1.165) is 18.4 Å². The lowest BCUT2D eigenvalue weighted by Crippen LogP contribution is -2.30. The van der Waals surface area contributed by atoms with Gasteiger partial charge in [0.25, 0.3) is 0 Å². The van der Waals surface area contributed by atoms with Crippen molar-refractivity contribution in [1.29, 1.82) is 0 Å². The first kappa shape index (κ1) is 11.7. The SMILES string of the molecule is CN1C2=C(C=NC1Cl)CCC2c1ccc(F)cc1. The summed E-state index contributed by atoms with van der Waals surface area (Å²) in [6, 6.07) is 6.75. The van der Waals surface area contributed by atoms with Gasteiger partial charge in [-0.1, -0.05) is 23.7 Å². The second-order valence-corrected chi connectivity index (χ2v) is 5.14. The van der Waals surface area contributed by atoms with Crippen molar-refractivity contribution in [3.05, 3.63) is 46.9 Å². The van der Waals surface area contributed by atoms with Crippen molar-refractivity contribution in [2.75, 3.05) is 7.05 Å². The van der Waals surface area contributed by atoms with Crippen LogP contribution in [0.25, 0.3) is 0 Å². The molecule has 94 valence electrons. The lowest BCUT2D eigenvalue weighted by atomic mass is 9.95. The molecule has 0 amide bonds. The molecule has 18 heavy (non-hydrogen) atoms. The van der Waals surface area contributed by atoms with Crippen LogP contribution >= 0.6 is 11.6 Å². The van der Waals surface area contributed by atoms with Gasteiger partial charge in [0, 0.05) is 24.9 Å². The van der Waals surface area contributed by atoms with E-state index in [1.807, 2.05) is 30.3 Å². The molecular formula is C14H14ClFN2. The van der Waals surface area contributed by atoms with E-state index in [4.69, 9.17) is 11.6 Å². The highest BCUT2D eigenvalue weighted by Crippen LogP contribution is 2.42. The summed E-state index contributed by atoms with van der Waals surface area (Å²) in [6.45, 7) is 0. The fraction of sp³-hybridized carbons (Fsp3) is 0.357. The quantitative estimate of drug-likeness (QED) is 0.560. The molecule has 0 N–H and O–H groups in total. The Balaban J connectivity index is 1.97. The molecule has 0 saturated heterocycles. The van der Waals surface area contributed by atoms with Crippen LogP contribution < -0.4 is 0 Å². The fourth-order valence-electron chi connectivity index (χ4n) is 2.78. The maximum atomic E-state index is 13.0. The van der Waals surface area contributed by atoms with Crippen molar-refractivity contribution < 1.29 is 4.39 Å². The summed E-state index contributed by atoms with van der Waals surface area (Å²) in [5, 5.41) is 0. The van der Waals surface area contributed by atoms with Gasteiger partial charge >= 0.3 is 0 Å². The summed E-state index contributed by atoms with van der Waals surface area (Å²) in [7, 11) is 1.96. The number of alkyl halides is 1. The normalized spacial score (nSPS) is 26.7. The minimum Gasteiger partial charge on any atom is -0.343 e. The van der Waals surface area contributed by atoms with E-state index >= 15 is 0 Å². The highest BCUT2D eigenvalue weighted by atomic mass is 35.5. The first-order valence-electron chi connectivity index (χ1n) is 6.05. The van der Waals surface area contributed by atoms with Crippen LogP contribution in [-0.4, -0.2) is 23.8 Å². The van der Waals surface area contributed by atoms with Gasteiger partial charge in [-0.25, -0.2) is 4.39 Å². The Kier molecular flexibility index (Phi) is 2.86. The molecule has 2 nitrogen and oxygen atoms in total. The molecule has 1 aliphatic heterocycles. The molecule has 0 aromatic heterocycles. The Morgan fingerprint density at radius 3 is 2.78 bits per heavy atom. The number of rotatable bonds is 1. The van der Waals surface area contributed by atoms with E-state index in [1.54, 1.807) is 0 Å². The molecule has 2 atom stereocenters. The lowest BCUT2D eigenvalue weighted by Gasteiger charge is -2.31. The van der Waals surface area contributed by atoms with Gasteiger partial charge in [-0.15, -0.1) is 0 Å². The lowest BCUT2D eigenvalue weighted by molar-refractivity contribution is 0.366. The zero-order valence-electron chi connectivity index (χ0n) is 10.1. The number of hydrogen-bond donors (Lipinski definition) is 0. The van der Waals surface area contributed by atoms with Crippen molar-refractivity contribution in [2.45, 2.75) is 24.4 Å². The molecule has 4 heteroatoms. The Bertz CT molecular complexity index is 521. The van der Waals surface area contributed by atoms with Crippen molar-refractivity contribution in [2.24, 2.45) is 4.99 Å². The summed E-state index contributed by atoms with van der Waals surface area (Å²) < 4.78 is 13.0. The number of benzene rings is 1. The Morgan fingerprint density at radius 2 is 2.06 bits per heavy atom. The minimum absolute atomic E-state index is 0.195. The van der Waals surface area contributed by atoms with E-state index in [1.165, 1.54) is 23.4 Å². The van der Waals surface area contributed by atoms with E-state index in [0.29, 0.717) is 5.92 Å². The molecule has 0 bridgehead atoms. The summed E-state index contributed by atoms with van der Waals surface area (Å²) in [5.41, 5.74) is 3.30. The standard InChI is InChI=1S/C14H14ClFN2/c1-18-13-10(8-17-14(18)15)4-7-12(13)9-2-5-11(16)6-3-9/h2-3,5-6,8,12,14H,4,7H2,1H3. The predicted octanol–water partition coefficient (Wildman–Crippen LogP) is 3.50. The van der Waals surface area contributed by atoms with Crippen molar-refractivity contribution in [1.82, 2.24) is 4.90 Å². The number of hydrogen-bond acceptors (Lipinski definition) is 2. The van der Waals surface area contributed by atoms with E-state index in [2.05, 4.69) is 4.99 Å². The molecule has 0 radical (unpaired) electrons. The largest absolute Gasteiger partial charge is 0.343 e. The second-order valence-electron chi connectivity index (χ2n) is 4.75. The summed E-state index contributed by atoms with van der Waals surface area (Å²) in [4.78, 5) is 6.26. The number of aliphatic imine (C=N–C) groups is 1. The Morgan fingerprint density at radius 1 is 1.33 bits per heavy atom. The third kappa shape index (κ3) is 1.83. The van der Waals surface area contributed by atoms with Gasteiger partial charge in [0.05, 0.1) is 0 Å². The number of halogens is 2. The maximum absolute atomic E-state index is 13.0. The highest BCUT2D eigenvalue weighted by Gasteiger charge is 2.33. The van der Waals surface area contributed by atoms with Crippen molar-refractivity contribution >= 4 is 17.8 Å². The van der Waals surface area contributed by atoms with Crippen LogP contribution in [0.4, 0.5) is 4.39 Å². The van der Waals surface area contributed by atoms with Gasteiger partial charge in [0.1, 0.15) is 5.82 Å². The summed E-state index contributed by atoms with van der Waals surface area (Å²) >= 11 is 6.15. The molecule has 2 unspecified atom stereocenters. The number of nitrogens with zero attached hydrogens (tertiary/aromatic N) is 2. The molecule has 0 fully saturated rings. The van der Waals surface area contributed by atoms with Crippen LogP contribution in [0.1, 0.15) is 24.3 Å². The fourth-order valence-corrected chi connectivity index (χ4v) is 2.94. The number of likely N-dealkylation sites (N-methyl/N-ethyl adjacent to an activating group) is 1. The third-order valence-electron chi connectivity index (χ3n) is 3.69. The molecule has 1 heterocycles. The van der Waals surface area contributed by atoms with Crippen LogP contribution in [0, 0.1) is 5.82 Å². The molecule has 1 aliphatic carbocycles. The van der Waals surface area contributed by atoms with Gasteiger partial charge in [-0.05, 0) is 36.1 Å². The van der Waals surface area contributed by atoms with Crippen LogP contribution in [0.3, 0.4) is 0 Å². The zero-order valence-corrected chi connectivity index (χ0v) is 10.9. The molecule has 1 aromatic carbocycles. The van der Waals surface area contributed by atoms with E-state index < -0.39 is 0 Å². The van der Waals surface area contributed by atoms with Crippen LogP contribution in [-0.2, 0) is 0 Å². The molecule has 1 aromatic rings. The monoisotopic (exact) mass is 264 g/mol. The van der Waals surface area contributed by atoms with Crippen LogP contribution in [0.15, 0.2) is 40.5 Å². The summed E-state index contributed by atoms with van der Waals surface area (Å²) in [5.74, 6) is 0.110. The van der Waals surface area contributed by atoms with Gasteiger partial charge in [-0.3, -0.25) is 4.99 Å². The van der Waals surface area contributed by atoms with Gasteiger partial charge in [0.15, 0.2) is 5.62 Å². The summed E-state index contributed by atoms with van der Waals surface area (Å²) in [6.07, 6.45) is 3.93. The molecule has 3 rings (SSSR count). The Hall–Kier alpha value is -1.35. The van der Waals surface area contributed by atoms with E-state index in [-0.39, 0.29) is 11.4 Å². The predicted molar refractivity (Wildman–Crippen MR) is 71.3 cm³/mol. The first-order valence-corrected chi connectivity index (χ1v) is 6.49.